The Balaban J connectivity index is 1.28. The van der Waals surface area contributed by atoms with Crippen molar-refractivity contribution in [2.75, 3.05) is 0 Å². The third kappa shape index (κ3) is 5.35. The highest BCUT2D eigenvalue weighted by Gasteiger charge is 2.18. The van der Waals surface area contributed by atoms with Crippen molar-refractivity contribution in [2.45, 2.75) is 0 Å². The smallest absolute Gasteiger partial charge is 0.164 e. The first-order valence-electron chi connectivity index (χ1n) is 16.4. The molecule has 9 rings (SSSR count). The molecule has 2 heterocycles. The molecule has 9 aromatic rings. The number of furan rings is 1. The van der Waals surface area contributed by atoms with Crippen LogP contribution < -0.4 is 0 Å². The first-order valence-corrected chi connectivity index (χ1v) is 16.4. The van der Waals surface area contributed by atoms with Gasteiger partial charge in [-0.2, -0.15) is 0 Å². The Hall–Kier alpha value is -6.65. The summed E-state index contributed by atoms with van der Waals surface area (Å²) < 4.78 is 6.83. The fourth-order valence-electron chi connectivity index (χ4n) is 6.54. The van der Waals surface area contributed by atoms with Crippen LogP contribution in [-0.4, -0.2) is 15.0 Å². The van der Waals surface area contributed by atoms with Crippen molar-refractivity contribution in [1.29, 1.82) is 0 Å². The van der Waals surface area contributed by atoms with E-state index in [1.807, 2.05) is 72.8 Å². The van der Waals surface area contributed by atoms with E-state index >= 15 is 0 Å². The molecule has 4 nitrogen and oxygen atoms in total. The van der Waals surface area contributed by atoms with Crippen molar-refractivity contribution in [3.8, 4) is 67.5 Å². The monoisotopic (exact) mass is 627 g/mol. The summed E-state index contributed by atoms with van der Waals surface area (Å²) in [6.07, 6.45) is 0. The van der Waals surface area contributed by atoms with Crippen LogP contribution in [-0.2, 0) is 0 Å². The van der Waals surface area contributed by atoms with Gasteiger partial charge in [-0.25, -0.2) is 15.0 Å². The molecule has 0 N–H and O–H groups in total. The summed E-state index contributed by atoms with van der Waals surface area (Å²) in [4.78, 5) is 15.1. The minimum Gasteiger partial charge on any atom is -0.455 e. The van der Waals surface area contributed by atoms with E-state index in [2.05, 4.69) is 103 Å². The number of hydrogen-bond acceptors (Lipinski definition) is 4. The molecule has 0 bridgehead atoms. The summed E-state index contributed by atoms with van der Waals surface area (Å²) in [7, 11) is 0. The Bertz CT molecular complexity index is 2520. The van der Waals surface area contributed by atoms with Crippen LogP contribution in [0.2, 0.25) is 0 Å². The van der Waals surface area contributed by atoms with Gasteiger partial charge in [0.1, 0.15) is 11.2 Å². The van der Waals surface area contributed by atoms with Gasteiger partial charge in [0, 0.05) is 38.6 Å². The number of nitrogens with zero attached hydrogens (tertiary/aromatic N) is 3. The van der Waals surface area contributed by atoms with E-state index in [4.69, 9.17) is 19.4 Å². The first kappa shape index (κ1) is 28.6. The van der Waals surface area contributed by atoms with Gasteiger partial charge in [0.25, 0.3) is 0 Å². The molecule has 0 radical (unpaired) electrons. The third-order valence-corrected chi connectivity index (χ3v) is 8.92. The van der Waals surface area contributed by atoms with Crippen LogP contribution in [0.4, 0.5) is 0 Å². The van der Waals surface area contributed by atoms with Crippen molar-refractivity contribution in [2.24, 2.45) is 0 Å². The van der Waals surface area contributed by atoms with Gasteiger partial charge in [-0.3, -0.25) is 0 Å². The van der Waals surface area contributed by atoms with Gasteiger partial charge in [0.05, 0.1) is 0 Å². The van der Waals surface area contributed by atoms with Crippen LogP contribution in [0.25, 0.3) is 89.5 Å². The van der Waals surface area contributed by atoms with E-state index in [0.717, 1.165) is 72.0 Å². The van der Waals surface area contributed by atoms with Crippen LogP contribution in [0.3, 0.4) is 0 Å². The lowest BCUT2D eigenvalue weighted by Gasteiger charge is -2.12. The fraction of sp³-hybridized carbons (Fsp3) is 0. The minimum absolute atomic E-state index is 0.606. The van der Waals surface area contributed by atoms with Gasteiger partial charge in [-0.1, -0.05) is 158 Å². The number of aromatic nitrogens is 3. The molecule has 0 saturated heterocycles. The predicted molar refractivity (Wildman–Crippen MR) is 200 cm³/mol. The van der Waals surface area contributed by atoms with Gasteiger partial charge in [-0.15, -0.1) is 0 Å². The van der Waals surface area contributed by atoms with Crippen LogP contribution >= 0.6 is 0 Å². The van der Waals surface area contributed by atoms with Gasteiger partial charge in [-0.05, 0) is 40.5 Å². The maximum atomic E-state index is 6.83. The highest BCUT2D eigenvalue weighted by Crippen LogP contribution is 2.41. The SMILES string of the molecule is c1ccc(-c2cc(-c3nc(-c4ccccc4)nc(-c4ccccc4)n3)cc(-c3cccc4c3oc3c(-c5ccccc5)cccc34)c2)cc1. The summed E-state index contributed by atoms with van der Waals surface area (Å²) in [6, 6.07) is 60.4. The van der Waals surface area contributed by atoms with E-state index in [-0.39, 0.29) is 0 Å². The van der Waals surface area contributed by atoms with Crippen LogP contribution in [0.5, 0.6) is 0 Å². The van der Waals surface area contributed by atoms with Crippen molar-refractivity contribution in [3.05, 3.63) is 176 Å². The van der Waals surface area contributed by atoms with E-state index in [9.17, 15) is 0 Å². The summed E-state index contributed by atoms with van der Waals surface area (Å²) >= 11 is 0. The normalized spacial score (nSPS) is 11.3. The Morgan fingerprint density at radius 1 is 0.286 bits per heavy atom. The molecule has 4 heteroatoms. The zero-order chi connectivity index (χ0) is 32.6. The minimum atomic E-state index is 0.606. The predicted octanol–water partition coefficient (Wildman–Crippen LogP) is 11.8. The molecule has 0 fully saturated rings. The Labute approximate surface area is 284 Å². The number of fused-ring (bicyclic) bond motifs is 3. The molecule has 0 unspecified atom stereocenters. The molecule has 7 aromatic carbocycles. The highest BCUT2D eigenvalue weighted by molar-refractivity contribution is 6.13. The average Bonchev–Trinajstić information content (AvgIpc) is 3.58. The quantitative estimate of drug-likeness (QED) is 0.184. The molecule has 49 heavy (non-hydrogen) atoms. The Morgan fingerprint density at radius 3 is 1.18 bits per heavy atom. The topological polar surface area (TPSA) is 51.8 Å². The zero-order valence-electron chi connectivity index (χ0n) is 26.5. The second-order valence-corrected chi connectivity index (χ2v) is 12.0. The van der Waals surface area contributed by atoms with Crippen LogP contribution in [0.1, 0.15) is 0 Å². The maximum absolute atomic E-state index is 6.83. The Morgan fingerprint density at radius 2 is 0.673 bits per heavy atom. The molecular weight excluding hydrogens is 599 g/mol. The van der Waals surface area contributed by atoms with Gasteiger partial charge >= 0.3 is 0 Å². The number of rotatable bonds is 6. The molecule has 0 atom stereocenters. The largest absolute Gasteiger partial charge is 0.455 e. The molecule has 0 amide bonds. The Kier molecular flexibility index (Phi) is 7.10. The molecule has 0 aliphatic carbocycles. The zero-order valence-corrected chi connectivity index (χ0v) is 26.5. The lowest BCUT2D eigenvalue weighted by molar-refractivity contribution is 0.671. The van der Waals surface area contributed by atoms with Gasteiger partial charge < -0.3 is 4.42 Å². The molecular formula is C45H29N3O. The van der Waals surface area contributed by atoms with Gasteiger partial charge in [0.15, 0.2) is 17.5 Å². The number of hydrogen-bond donors (Lipinski definition) is 0. The molecule has 0 spiro atoms. The molecule has 230 valence electrons. The summed E-state index contributed by atoms with van der Waals surface area (Å²) in [5.41, 5.74) is 10.9. The van der Waals surface area contributed by atoms with E-state index in [1.165, 1.54) is 0 Å². The second kappa shape index (κ2) is 12.2. The fourth-order valence-corrected chi connectivity index (χ4v) is 6.54. The van der Waals surface area contributed by atoms with Gasteiger partial charge in [0.2, 0.25) is 0 Å². The standard InChI is InChI=1S/C45H29N3O/c1-5-15-30(16-6-1)34-27-35(38-24-14-26-40-39-25-13-23-37(41(39)49-42(38)40)31-17-7-2-8-18-31)29-36(28-34)45-47-43(32-19-9-3-10-20-32)46-44(48-45)33-21-11-4-12-22-33/h1-29H. The lowest BCUT2D eigenvalue weighted by atomic mass is 9.94. The first-order chi connectivity index (χ1) is 24.3. The van der Waals surface area contributed by atoms with Crippen LogP contribution in [0.15, 0.2) is 180 Å². The summed E-state index contributed by atoms with van der Waals surface area (Å²) in [6.45, 7) is 0. The van der Waals surface area contributed by atoms with Crippen molar-refractivity contribution in [3.63, 3.8) is 0 Å². The van der Waals surface area contributed by atoms with Crippen molar-refractivity contribution in [1.82, 2.24) is 15.0 Å². The second-order valence-electron chi connectivity index (χ2n) is 12.0. The van der Waals surface area contributed by atoms with Crippen LogP contribution in [0, 0.1) is 0 Å². The number of benzene rings is 7. The van der Waals surface area contributed by atoms with E-state index in [0.29, 0.717) is 17.5 Å². The molecule has 0 saturated carbocycles. The summed E-state index contributed by atoms with van der Waals surface area (Å²) in [5.74, 6) is 1.86. The molecule has 0 aliphatic rings. The lowest BCUT2D eigenvalue weighted by Crippen LogP contribution is -2.00. The summed E-state index contributed by atoms with van der Waals surface area (Å²) in [5, 5.41) is 2.17. The van der Waals surface area contributed by atoms with E-state index in [1.54, 1.807) is 0 Å². The number of para-hydroxylation sites is 2. The average molecular weight is 628 g/mol. The highest BCUT2D eigenvalue weighted by atomic mass is 16.3. The maximum Gasteiger partial charge on any atom is 0.164 e. The van der Waals surface area contributed by atoms with E-state index < -0.39 is 0 Å². The van der Waals surface area contributed by atoms with Crippen molar-refractivity contribution < 1.29 is 4.42 Å². The molecule has 2 aromatic heterocycles. The van der Waals surface area contributed by atoms with Crippen molar-refractivity contribution >= 4 is 21.9 Å². The molecule has 0 aliphatic heterocycles. The third-order valence-electron chi connectivity index (χ3n) is 8.92.